The first-order valence-electron chi connectivity index (χ1n) is 4.42. The van der Waals surface area contributed by atoms with E-state index in [0.29, 0.717) is 0 Å². The Labute approximate surface area is 78.6 Å². The summed E-state index contributed by atoms with van der Waals surface area (Å²) in [7, 11) is 2.13. The third-order valence-electron chi connectivity index (χ3n) is 1.90. The van der Waals surface area contributed by atoms with Crippen LogP contribution in [0.5, 0.6) is 0 Å². The molecule has 0 fully saturated rings. The molecule has 1 heterocycles. The molecule has 0 aromatic heterocycles. The van der Waals surface area contributed by atoms with Gasteiger partial charge >= 0.3 is 0 Å². The molecule has 4 heteroatoms. The topological polar surface area (TPSA) is 27.6 Å². The van der Waals surface area contributed by atoms with Gasteiger partial charge < -0.3 is 10.2 Å². The van der Waals surface area contributed by atoms with Crippen LogP contribution in [-0.2, 0) is 0 Å². The molecule has 70 valence electrons. The van der Waals surface area contributed by atoms with Crippen molar-refractivity contribution in [2.75, 3.05) is 39.0 Å². The van der Waals surface area contributed by atoms with Crippen molar-refractivity contribution < 1.29 is 0 Å². The Kier molecular flexibility index (Phi) is 4.46. The third kappa shape index (κ3) is 3.45. The van der Waals surface area contributed by atoms with Gasteiger partial charge in [-0.2, -0.15) is 0 Å². The van der Waals surface area contributed by atoms with Crippen LogP contribution in [0.25, 0.3) is 0 Å². The molecule has 0 spiro atoms. The molecule has 1 aliphatic heterocycles. The van der Waals surface area contributed by atoms with Gasteiger partial charge in [-0.15, -0.1) is 0 Å². The lowest BCUT2D eigenvalue weighted by molar-refractivity contribution is 0.358. The molecular weight excluding hydrogens is 170 g/mol. The molecule has 1 N–H and O–H groups in total. The highest BCUT2D eigenvalue weighted by molar-refractivity contribution is 8.14. The van der Waals surface area contributed by atoms with Crippen LogP contribution in [0, 0.1) is 0 Å². The van der Waals surface area contributed by atoms with Gasteiger partial charge in [-0.1, -0.05) is 18.7 Å². The zero-order chi connectivity index (χ0) is 8.81. The molecule has 0 saturated carbocycles. The molecule has 1 rings (SSSR count). The van der Waals surface area contributed by atoms with Gasteiger partial charge in [-0.25, -0.2) is 0 Å². The van der Waals surface area contributed by atoms with E-state index in [-0.39, 0.29) is 0 Å². The smallest absolute Gasteiger partial charge is 0.156 e. The summed E-state index contributed by atoms with van der Waals surface area (Å²) in [5.74, 6) is 1.14. The number of hydrogen-bond acceptors (Lipinski definition) is 4. The maximum Gasteiger partial charge on any atom is 0.156 e. The number of aliphatic imine (C=N–C) groups is 1. The van der Waals surface area contributed by atoms with Gasteiger partial charge in [0.15, 0.2) is 5.17 Å². The molecule has 0 radical (unpaired) electrons. The van der Waals surface area contributed by atoms with Gasteiger partial charge in [0.1, 0.15) is 0 Å². The minimum absolute atomic E-state index is 0.983. The number of nitrogens with one attached hydrogen (secondary N) is 1. The minimum atomic E-state index is 0.983. The highest BCUT2D eigenvalue weighted by atomic mass is 32.2. The van der Waals surface area contributed by atoms with Crippen molar-refractivity contribution in [2.24, 2.45) is 4.99 Å². The highest BCUT2D eigenvalue weighted by Gasteiger charge is 2.05. The van der Waals surface area contributed by atoms with E-state index < -0.39 is 0 Å². The third-order valence-corrected chi connectivity index (χ3v) is 2.83. The van der Waals surface area contributed by atoms with Crippen molar-refractivity contribution in [3.63, 3.8) is 0 Å². The number of likely N-dealkylation sites (N-methyl/N-ethyl adjacent to an activating group) is 1. The molecule has 0 bridgehead atoms. The average molecular weight is 187 g/mol. The van der Waals surface area contributed by atoms with Crippen LogP contribution in [0.15, 0.2) is 4.99 Å². The van der Waals surface area contributed by atoms with Gasteiger partial charge in [0.05, 0.1) is 6.54 Å². The van der Waals surface area contributed by atoms with E-state index in [0.717, 1.165) is 37.1 Å². The Hall–Kier alpha value is -0.220. The van der Waals surface area contributed by atoms with Crippen molar-refractivity contribution in [1.82, 2.24) is 10.2 Å². The quantitative estimate of drug-likeness (QED) is 0.699. The first-order chi connectivity index (χ1) is 5.83. The molecule has 0 atom stereocenters. The Morgan fingerprint density at radius 3 is 3.08 bits per heavy atom. The van der Waals surface area contributed by atoms with Crippen LogP contribution in [0.4, 0.5) is 0 Å². The zero-order valence-electron chi connectivity index (χ0n) is 7.84. The number of hydrogen-bond donors (Lipinski definition) is 1. The summed E-state index contributed by atoms with van der Waals surface area (Å²) in [6, 6.07) is 0. The van der Waals surface area contributed by atoms with E-state index in [1.54, 1.807) is 0 Å². The second-order valence-electron chi connectivity index (χ2n) is 2.86. The maximum absolute atomic E-state index is 4.31. The van der Waals surface area contributed by atoms with Crippen LogP contribution >= 0.6 is 11.8 Å². The van der Waals surface area contributed by atoms with Crippen molar-refractivity contribution in [3.8, 4) is 0 Å². The van der Waals surface area contributed by atoms with E-state index in [1.165, 1.54) is 0 Å². The second kappa shape index (κ2) is 5.43. The summed E-state index contributed by atoms with van der Waals surface area (Å²) in [5, 5.41) is 4.44. The molecule has 1 aliphatic rings. The first-order valence-corrected chi connectivity index (χ1v) is 5.41. The zero-order valence-corrected chi connectivity index (χ0v) is 8.65. The van der Waals surface area contributed by atoms with Crippen molar-refractivity contribution >= 4 is 16.9 Å². The molecule has 0 aromatic rings. The molecule has 0 aliphatic carbocycles. The highest BCUT2D eigenvalue weighted by Crippen LogP contribution is 2.08. The lowest BCUT2D eigenvalue weighted by atomic mass is 10.5. The summed E-state index contributed by atoms with van der Waals surface area (Å²) in [5.41, 5.74) is 0. The lowest BCUT2D eigenvalue weighted by Gasteiger charge is -2.13. The number of thioether (sulfide) groups is 1. The Bertz CT molecular complexity index is 158. The van der Waals surface area contributed by atoms with Gasteiger partial charge in [-0.3, -0.25) is 4.99 Å². The van der Waals surface area contributed by atoms with Crippen LogP contribution in [0.1, 0.15) is 6.92 Å². The lowest BCUT2D eigenvalue weighted by Crippen LogP contribution is -2.31. The van der Waals surface area contributed by atoms with Crippen LogP contribution in [-0.4, -0.2) is 49.0 Å². The van der Waals surface area contributed by atoms with Crippen molar-refractivity contribution in [1.29, 1.82) is 0 Å². The Balaban J connectivity index is 2.01. The normalized spacial score (nSPS) is 16.8. The van der Waals surface area contributed by atoms with Crippen molar-refractivity contribution in [3.05, 3.63) is 0 Å². The van der Waals surface area contributed by atoms with E-state index >= 15 is 0 Å². The average Bonchev–Trinajstić information content (AvgIpc) is 2.57. The summed E-state index contributed by atoms with van der Waals surface area (Å²) in [6.45, 7) is 6.37. The number of rotatable bonds is 4. The maximum atomic E-state index is 4.31. The van der Waals surface area contributed by atoms with E-state index in [1.807, 2.05) is 11.8 Å². The van der Waals surface area contributed by atoms with Gasteiger partial charge in [-0.05, 0) is 13.6 Å². The molecule has 3 nitrogen and oxygen atoms in total. The monoisotopic (exact) mass is 187 g/mol. The van der Waals surface area contributed by atoms with Gasteiger partial charge in [0.25, 0.3) is 0 Å². The second-order valence-corrected chi connectivity index (χ2v) is 3.94. The fourth-order valence-corrected chi connectivity index (χ4v) is 1.72. The van der Waals surface area contributed by atoms with E-state index in [2.05, 4.69) is 29.2 Å². The molecule has 0 unspecified atom stereocenters. The summed E-state index contributed by atoms with van der Waals surface area (Å²) in [6.07, 6.45) is 0. The van der Waals surface area contributed by atoms with Crippen LogP contribution in [0.2, 0.25) is 0 Å². The van der Waals surface area contributed by atoms with Crippen LogP contribution in [0.3, 0.4) is 0 Å². The fraction of sp³-hybridized carbons (Fsp3) is 0.875. The molecule has 0 amide bonds. The molecular formula is C8H17N3S. The summed E-state index contributed by atoms with van der Waals surface area (Å²) >= 11 is 1.82. The van der Waals surface area contributed by atoms with E-state index in [4.69, 9.17) is 0 Å². The van der Waals surface area contributed by atoms with Crippen molar-refractivity contribution in [2.45, 2.75) is 6.92 Å². The fourth-order valence-electron chi connectivity index (χ4n) is 0.954. The molecule has 12 heavy (non-hydrogen) atoms. The van der Waals surface area contributed by atoms with Gasteiger partial charge in [0, 0.05) is 18.8 Å². The molecule has 0 saturated heterocycles. The standard InChI is InChI=1S/C8H17N3S/c1-3-11(2)6-4-9-8-10-5-7-12-8/h3-7H2,1-2H3,(H,9,10). The summed E-state index contributed by atoms with van der Waals surface area (Å²) < 4.78 is 0. The first kappa shape index (κ1) is 9.86. The molecule has 0 aromatic carbocycles. The van der Waals surface area contributed by atoms with E-state index in [9.17, 15) is 0 Å². The minimum Gasteiger partial charge on any atom is -0.364 e. The Morgan fingerprint density at radius 2 is 2.50 bits per heavy atom. The SMILES string of the molecule is CCN(C)CCNC1=NCCS1. The predicted molar refractivity (Wildman–Crippen MR) is 55.9 cm³/mol. The number of amidine groups is 1. The number of nitrogens with zero attached hydrogens (tertiary/aromatic N) is 2. The Morgan fingerprint density at radius 1 is 1.67 bits per heavy atom. The predicted octanol–water partition coefficient (Wildman–Crippen LogP) is 0.631. The summed E-state index contributed by atoms with van der Waals surface area (Å²) in [4.78, 5) is 6.59. The largest absolute Gasteiger partial charge is 0.364 e. The van der Waals surface area contributed by atoms with Gasteiger partial charge in [0.2, 0.25) is 0 Å². The van der Waals surface area contributed by atoms with Crippen LogP contribution < -0.4 is 5.32 Å².